The molecule has 9 heteroatoms. The molecule has 1 N–H and O–H groups in total. The molecule has 0 saturated carbocycles. The van der Waals surface area contributed by atoms with Crippen LogP contribution in [0.25, 0.3) is 5.76 Å². The molecule has 1 aliphatic heterocycles. The minimum Gasteiger partial charge on any atom is -0.507 e. The summed E-state index contributed by atoms with van der Waals surface area (Å²) in [6, 6.07) is 19.1. The molecular weight excluding hydrogens is 552 g/mol. The van der Waals surface area contributed by atoms with Gasteiger partial charge >= 0.3 is 5.91 Å². The molecule has 1 aromatic heterocycles. The number of aliphatic hydroxyl groups is 1. The van der Waals surface area contributed by atoms with Crippen molar-refractivity contribution in [3.8, 4) is 17.2 Å². The summed E-state index contributed by atoms with van der Waals surface area (Å²) in [7, 11) is 1.53. The quantitative estimate of drug-likeness (QED) is 0.0892. The molecule has 8 nitrogen and oxygen atoms in total. The highest BCUT2D eigenvalue weighted by Gasteiger charge is 2.48. The third-order valence-electron chi connectivity index (χ3n) is 7.11. The Kier molecular flexibility index (Phi) is 8.88. The fraction of sp³-hybridized carbons (Fsp3) is 0.242. The molecule has 0 bridgehead atoms. The normalized spacial score (nSPS) is 16.1. The lowest BCUT2D eigenvalue weighted by atomic mass is 9.95. The van der Waals surface area contributed by atoms with Gasteiger partial charge in [0.15, 0.2) is 16.6 Å². The Hall–Kier alpha value is -4.63. The van der Waals surface area contributed by atoms with Gasteiger partial charge < -0.3 is 19.3 Å². The first-order valence-electron chi connectivity index (χ1n) is 13.7. The number of hydrogen-bond acceptors (Lipinski definition) is 8. The molecule has 1 fully saturated rings. The van der Waals surface area contributed by atoms with Crippen LogP contribution < -0.4 is 19.1 Å². The van der Waals surface area contributed by atoms with E-state index in [0.29, 0.717) is 46.7 Å². The van der Waals surface area contributed by atoms with E-state index >= 15 is 0 Å². The van der Waals surface area contributed by atoms with Crippen molar-refractivity contribution in [2.24, 2.45) is 0 Å². The number of benzene rings is 3. The fourth-order valence-corrected chi connectivity index (χ4v) is 5.44. The zero-order chi connectivity index (χ0) is 29.6. The second-order valence-electron chi connectivity index (χ2n) is 9.84. The molecule has 0 radical (unpaired) electrons. The van der Waals surface area contributed by atoms with Crippen molar-refractivity contribution in [3.63, 3.8) is 0 Å². The van der Waals surface area contributed by atoms with Crippen molar-refractivity contribution in [2.75, 3.05) is 18.6 Å². The number of ether oxygens (including phenoxy) is 3. The van der Waals surface area contributed by atoms with E-state index in [9.17, 15) is 14.7 Å². The Morgan fingerprint density at radius 2 is 1.81 bits per heavy atom. The summed E-state index contributed by atoms with van der Waals surface area (Å²) >= 11 is 1.23. The lowest BCUT2D eigenvalue weighted by Gasteiger charge is -2.24. The smallest absolute Gasteiger partial charge is 0.301 e. The average molecular weight is 585 g/mol. The standard InChI is InChI=1S/C33H32N2O6S/c1-4-5-17-40-26-15-12-23(19-27(26)39-3)29-28(31(37)32(38)35(29)33-34-16-18-42-33)30(36)22-10-13-25(14-11-22)41-20-24-9-7-6-8-21(24)2/h6-16,18-19,29,36H,4-5,17,20H2,1-3H3/b30-28+. The number of carbonyl (C=O) groups excluding carboxylic acids is 2. The van der Waals surface area contributed by atoms with Crippen LogP contribution >= 0.6 is 11.3 Å². The number of hydrogen-bond donors (Lipinski definition) is 1. The Bertz CT molecular complexity index is 1600. The van der Waals surface area contributed by atoms with Crippen molar-refractivity contribution in [1.29, 1.82) is 0 Å². The van der Waals surface area contributed by atoms with Crippen LogP contribution in [0.3, 0.4) is 0 Å². The third kappa shape index (κ3) is 5.87. The highest BCUT2D eigenvalue weighted by molar-refractivity contribution is 7.14. The van der Waals surface area contributed by atoms with E-state index in [1.807, 2.05) is 31.2 Å². The molecule has 1 unspecified atom stereocenters. The highest BCUT2D eigenvalue weighted by Crippen LogP contribution is 2.44. The number of carbonyl (C=O) groups is 2. The first-order chi connectivity index (χ1) is 20.4. The average Bonchev–Trinajstić information content (AvgIpc) is 3.63. The fourth-order valence-electron chi connectivity index (χ4n) is 4.78. The van der Waals surface area contributed by atoms with Crippen molar-refractivity contribution >= 4 is 33.9 Å². The lowest BCUT2D eigenvalue weighted by Crippen LogP contribution is -2.29. The molecule has 1 atom stereocenters. The largest absolute Gasteiger partial charge is 0.507 e. The number of amides is 1. The number of anilines is 1. The second-order valence-corrected chi connectivity index (χ2v) is 10.7. The first kappa shape index (κ1) is 28.9. The SMILES string of the molecule is CCCCOc1ccc(C2/C(=C(\O)c3ccc(OCc4ccccc4C)cc3)C(=O)C(=O)N2c2nccs2)cc1OC. The molecule has 0 aliphatic carbocycles. The summed E-state index contributed by atoms with van der Waals surface area (Å²) in [5, 5.41) is 13.6. The zero-order valence-electron chi connectivity index (χ0n) is 23.7. The second kappa shape index (κ2) is 12.9. The van der Waals surface area contributed by atoms with Crippen molar-refractivity contribution in [2.45, 2.75) is 39.3 Å². The lowest BCUT2D eigenvalue weighted by molar-refractivity contribution is -0.132. The first-order valence-corrected chi connectivity index (χ1v) is 14.6. The number of ketones is 1. The van der Waals surface area contributed by atoms with E-state index in [4.69, 9.17) is 14.2 Å². The molecule has 2 heterocycles. The monoisotopic (exact) mass is 584 g/mol. The molecule has 1 amide bonds. The molecule has 0 spiro atoms. The number of methoxy groups -OCH3 is 1. The van der Waals surface area contributed by atoms with Gasteiger partial charge in [-0.3, -0.25) is 14.5 Å². The maximum atomic E-state index is 13.5. The van der Waals surface area contributed by atoms with Crippen molar-refractivity contribution in [3.05, 3.63) is 106 Å². The summed E-state index contributed by atoms with van der Waals surface area (Å²) in [5.74, 6) is -0.222. The third-order valence-corrected chi connectivity index (χ3v) is 7.88. The Morgan fingerprint density at radius 3 is 2.50 bits per heavy atom. The van der Waals surface area contributed by atoms with Gasteiger partial charge in [-0.2, -0.15) is 0 Å². The van der Waals surface area contributed by atoms with Gasteiger partial charge in [0.25, 0.3) is 5.78 Å². The van der Waals surface area contributed by atoms with E-state index in [1.54, 1.807) is 54.0 Å². The van der Waals surface area contributed by atoms with Crippen LogP contribution in [0.4, 0.5) is 5.13 Å². The van der Waals surface area contributed by atoms with Crippen molar-refractivity contribution in [1.82, 2.24) is 4.98 Å². The Balaban J connectivity index is 1.50. The molecule has 1 saturated heterocycles. The van der Waals surface area contributed by atoms with Gasteiger partial charge in [-0.15, -0.1) is 11.3 Å². The molecule has 1 aliphatic rings. The number of nitrogens with zero attached hydrogens (tertiary/aromatic N) is 2. The minimum atomic E-state index is -0.924. The van der Waals surface area contributed by atoms with Crippen LogP contribution in [0.5, 0.6) is 17.2 Å². The number of aromatic nitrogens is 1. The Morgan fingerprint density at radius 1 is 1.02 bits per heavy atom. The summed E-state index contributed by atoms with van der Waals surface area (Å²) in [6.07, 6.45) is 3.45. The topological polar surface area (TPSA) is 98.2 Å². The van der Waals surface area contributed by atoms with Gasteiger partial charge in [0, 0.05) is 17.1 Å². The van der Waals surface area contributed by atoms with Crippen LogP contribution in [-0.2, 0) is 16.2 Å². The van der Waals surface area contributed by atoms with Gasteiger partial charge in [0.1, 0.15) is 18.1 Å². The molecule has 3 aromatic carbocycles. The molecule has 5 rings (SSSR count). The summed E-state index contributed by atoms with van der Waals surface area (Å²) < 4.78 is 17.4. The van der Waals surface area contributed by atoms with E-state index in [1.165, 1.54) is 23.3 Å². The number of rotatable bonds is 11. The summed E-state index contributed by atoms with van der Waals surface area (Å²) in [6.45, 7) is 5.04. The van der Waals surface area contributed by atoms with Crippen LogP contribution in [0, 0.1) is 6.92 Å². The number of Topliss-reactive ketones (excluding diaryl/α,β-unsaturated/α-hetero) is 1. The predicted octanol–water partition coefficient (Wildman–Crippen LogP) is 6.84. The maximum absolute atomic E-state index is 13.5. The van der Waals surface area contributed by atoms with Gasteiger partial charge in [-0.25, -0.2) is 4.98 Å². The number of aryl methyl sites for hydroxylation is 1. The zero-order valence-corrected chi connectivity index (χ0v) is 24.5. The van der Waals surface area contributed by atoms with Crippen LogP contribution in [0.15, 0.2) is 83.9 Å². The number of thiazole rings is 1. The van der Waals surface area contributed by atoms with E-state index < -0.39 is 17.7 Å². The van der Waals surface area contributed by atoms with Crippen molar-refractivity contribution < 1.29 is 28.9 Å². The summed E-state index contributed by atoms with van der Waals surface area (Å²) in [5.41, 5.74) is 3.12. The van der Waals surface area contributed by atoms with Crippen LogP contribution in [0.1, 0.15) is 48.1 Å². The molecule has 42 heavy (non-hydrogen) atoms. The van der Waals surface area contributed by atoms with Gasteiger partial charge in [0.05, 0.1) is 25.3 Å². The summed E-state index contributed by atoms with van der Waals surface area (Å²) in [4.78, 5) is 32.4. The van der Waals surface area contributed by atoms with Gasteiger partial charge in [-0.1, -0.05) is 43.7 Å². The predicted molar refractivity (Wildman–Crippen MR) is 162 cm³/mol. The van der Waals surface area contributed by atoms with E-state index in [2.05, 4.69) is 11.9 Å². The Labute approximate surface area is 248 Å². The number of unbranched alkanes of at least 4 members (excludes halogenated alkanes) is 1. The minimum absolute atomic E-state index is 0.0366. The van der Waals surface area contributed by atoms with Crippen LogP contribution in [0.2, 0.25) is 0 Å². The van der Waals surface area contributed by atoms with Gasteiger partial charge in [-0.05, 0) is 66.4 Å². The highest BCUT2D eigenvalue weighted by atomic mass is 32.1. The maximum Gasteiger partial charge on any atom is 0.301 e. The van der Waals surface area contributed by atoms with E-state index in [0.717, 1.165) is 24.0 Å². The number of aliphatic hydroxyl groups excluding tert-OH is 1. The molecule has 4 aromatic rings. The van der Waals surface area contributed by atoms with E-state index in [-0.39, 0.29) is 11.3 Å². The molecule has 216 valence electrons. The molecular formula is C33H32N2O6S. The van der Waals surface area contributed by atoms with Crippen LogP contribution in [-0.4, -0.2) is 35.5 Å². The van der Waals surface area contributed by atoms with Gasteiger partial charge in [0.2, 0.25) is 0 Å².